The van der Waals surface area contributed by atoms with E-state index >= 15 is 0 Å². The first-order chi connectivity index (χ1) is 13.0. The second-order valence-corrected chi connectivity index (χ2v) is 9.09. The molecular weight excluding hydrogens is 348 g/mol. The Morgan fingerprint density at radius 1 is 0.929 bits per heavy atom. The van der Waals surface area contributed by atoms with Gasteiger partial charge in [0.05, 0.1) is 4.92 Å². The van der Waals surface area contributed by atoms with E-state index in [1.165, 1.54) is 57.1 Å². The van der Waals surface area contributed by atoms with Crippen molar-refractivity contribution >= 4 is 5.69 Å². The molecule has 0 bridgehead atoms. The maximum absolute atomic E-state index is 10.4. The van der Waals surface area contributed by atoms with E-state index in [2.05, 4.69) is 60.7 Å². The predicted molar refractivity (Wildman–Crippen MR) is 124 cm³/mol. The summed E-state index contributed by atoms with van der Waals surface area (Å²) in [6.07, 6.45) is 10.2. The first-order valence-electron chi connectivity index (χ1n) is 11.0. The second-order valence-electron chi connectivity index (χ2n) is 9.09. The van der Waals surface area contributed by atoms with Crippen molar-refractivity contribution in [3.8, 4) is 0 Å². The molecule has 28 heavy (non-hydrogen) atoms. The molecule has 0 amide bonds. The van der Waals surface area contributed by atoms with Gasteiger partial charge in [0, 0.05) is 24.2 Å². The number of nitro groups is 1. The SMILES string of the molecule is C1CCCCC1.CC(C)(C)NCc1ccc([N+](=O)[O-])cc1.CC(C)C.CCC. The minimum atomic E-state index is -0.388. The summed E-state index contributed by atoms with van der Waals surface area (Å²) in [5.41, 5.74) is 1.24. The van der Waals surface area contributed by atoms with Crippen LogP contribution in [-0.2, 0) is 6.54 Å². The van der Waals surface area contributed by atoms with Crippen LogP contribution in [-0.4, -0.2) is 10.5 Å². The van der Waals surface area contributed by atoms with E-state index in [4.69, 9.17) is 0 Å². The Bertz CT molecular complexity index is 458. The number of nitrogens with zero attached hydrogens (tertiary/aromatic N) is 1. The van der Waals surface area contributed by atoms with E-state index in [1.807, 2.05) is 0 Å². The molecule has 1 aromatic rings. The van der Waals surface area contributed by atoms with E-state index < -0.39 is 0 Å². The molecule has 1 saturated carbocycles. The van der Waals surface area contributed by atoms with Crippen molar-refractivity contribution in [1.82, 2.24) is 5.32 Å². The van der Waals surface area contributed by atoms with Gasteiger partial charge in [-0.3, -0.25) is 10.1 Å². The molecule has 2 rings (SSSR count). The summed E-state index contributed by atoms with van der Waals surface area (Å²) in [5, 5.41) is 13.7. The fraction of sp³-hybridized carbons (Fsp3) is 0.750. The molecule has 1 aliphatic carbocycles. The molecule has 0 spiro atoms. The third-order valence-electron chi connectivity index (χ3n) is 3.47. The smallest absolute Gasteiger partial charge is 0.269 e. The maximum atomic E-state index is 10.4. The molecule has 0 unspecified atom stereocenters. The van der Waals surface area contributed by atoms with Crippen LogP contribution in [0.4, 0.5) is 5.69 Å². The average Bonchev–Trinajstić information content (AvgIpc) is 2.62. The summed E-state index contributed by atoms with van der Waals surface area (Å²) in [7, 11) is 0. The van der Waals surface area contributed by atoms with Gasteiger partial charge in [-0.15, -0.1) is 0 Å². The maximum Gasteiger partial charge on any atom is 0.269 e. The summed E-state index contributed by atoms with van der Waals surface area (Å²) in [5.74, 6) is 0.833. The van der Waals surface area contributed by atoms with Gasteiger partial charge in [0.25, 0.3) is 5.69 Å². The van der Waals surface area contributed by atoms with Gasteiger partial charge in [-0.25, -0.2) is 0 Å². The van der Waals surface area contributed by atoms with Crippen LogP contribution in [0.25, 0.3) is 0 Å². The second kappa shape index (κ2) is 17.7. The molecule has 1 aliphatic rings. The largest absolute Gasteiger partial charge is 0.308 e. The summed E-state index contributed by atoms with van der Waals surface area (Å²) in [6, 6.07) is 6.60. The molecule has 1 fully saturated rings. The zero-order chi connectivity index (χ0) is 22.0. The lowest BCUT2D eigenvalue weighted by atomic mass is 10.0. The number of nitrogens with one attached hydrogen (secondary N) is 1. The highest BCUT2D eigenvalue weighted by Gasteiger charge is 2.09. The van der Waals surface area contributed by atoms with Crippen LogP contribution >= 0.6 is 0 Å². The number of benzene rings is 1. The van der Waals surface area contributed by atoms with Crippen LogP contribution in [0, 0.1) is 16.0 Å². The first kappa shape index (κ1) is 28.8. The molecular formula is C24H46N2O2. The van der Waals surface area contributed by atoms with E-state index in [9.17, 15) is 10.1 Å². The number of nitro benzene ring substituents is 1. The molecule has 0 radical (unpaired) electrons. The zero-order valence-corrected chi connectivity index (χ0v) is 19.8. The predicted octanol–water partition coefficient (Wildman–Crippen LogP) is 7.90. The zero-order valence-electron chi connectivity index (χ0n) is 19.8. The average molecular weight is 395 g/mol. The van der Waals surface area contributed by atoms with Crippen molar-refractivity contribution in [3.05, 3.63) is 39.9 Å². The van der Waals surface area contributed by atoms with E-state index in [1.54, 1.807) is 12.1 Å². The van der Waals surface area contributed by atoms with Gasteiger partial charge >= 0.3 is 0 Å². The van der Waals surface area contributed by atoms with Crippen LogP contribution in [0.5, 0.6) is 0 Å². The highest BCUT2D eigenvalue weighted by Crippen LogP contribution is 2.15. The van der Waals surface area contributed by atoms with E-state index in [0.717, 1.165) is 18.0 Å². The molecule has 0 aliphatic heterocycles. The van der Waals surface area contributed by atoms with Crippen LogP contribution < -0.4 is 5.32 Å². The first-order valence-corrected chi connectivity index (χ1v) is 11.0. The van der Waals surface area contributed by atoms with Gasteiger partial charge in [-0.1, -0.05) is 91.7 Å². The molecule has 0 atom stereocenters. The van der Waals surface area contributed by atoms with E-state index in [0.29, 0.717) is 0 Å². The monoisotopic (exact) mass is 394 g/mol. The van der Waals surface area contributed by atoms with Gasteiger partial charge in [0.15, 0.2) is 0 Å². The number of non-ortho nitro benzene ring substituents is 1. The Morgan fingerprint density at radius 3 is 1.50 bits per heavy atom. The Kier molecular flexibility index (Phi) is 18.2. The third kappa shape index (κ3) is 22.6. The molecule has 0 saturated heterocycles. The quantitative estimate of drug-likeness (QED) is 0.418. The Balaban J connectivity index is 0. The van der Waals surface area contributed by atoms with Crippen molar-refractivity contribution in [1.29, 1.82) is 0 Å². The van der Waals surface area contributed by atoms with Crippen molar-refractivity contribution < 1.29 is 4.92 Å². The van der Waals surface area contributed by atoms with Gasteiger partial charge in [-0.2, -0.15) is 0 Å². The van der Waals surface area contributed by atoms with Crippen molar-refractivity contribution in [2.45, 2.75) is 112 Å². The van der Waals surface area contributed by atoms with Crippen LogP contribution in [0.3, 0.4) is 0 Å². The van der Waals surface area contributed by atoms with Gasteiger partial charge in [0.2, 0.25) is 0 Å². The molecule has 4 heteroatoms. The number of hydrogen-bond donors (Lipinski definition) is 1. The highest BCUT2D eigenvalue weighted by molar-refractivity contribution is 5.32. The van der Waals surface area contributed by atoms with Crippen LogP contribution in [0.2, 0.25) is 0 Å². The number of rotatable bonds is 3. The fourth-order valence-electron chi connectivity index (χ4n) is 2.16. The fourth-order valence-corrected chi connectivity index (χ4v) is 2.16. The normalized spacial score (nSPS) is 13.2. The molecule has 4 nitrogen and oxygen atoms in total. The van der Waals surface area contributed by atoms with Crippen molar-refractivity contribution in [2.24, 2.45) is 5.92 Å². The Hall–Kier alpha value is -1.42. The Morgan fingerprint density at radius 2 is 1.25 bits per heavy atom. The van der Waals surface area contributed by atoms with Crippen LogP contribution in [0.15, 0.2) is 24.3 Å². The van der Waals surface area contributed by atoms with Gasteiger partial charge in [0.1, 0.15) is 0 Å². The van der Waals surface area contributed by atoms with E-state index in [-0.39, 0.29) is 16.1 Å². The lowest BCUT2D eigenvalue weighted by Crippen LogP contribution is -2.35. The van der Waals surface area contributed by atoms with Crippen molar-refractivity contribution in [2.75, 3.05) is 0 Å². The Labute approximate surface area is 174 Å². The summed E-state index contributed by atoms with van der Waals surface area (Å²) < 4.78 is 0. The summed E-state index contributed by atoms with van der Waals surface area (Å²) >= 11 is 0. The molecule has 0 aromatic heterocycles. The molecule has 1 aromatic carbocycles. The van der Waals surface area contributed by atoms with Gasteiger partial charge in [-0.05, 0) is 32.3 Å². The van der Waals surface area contributed by atoms with Crippen molar-refractivity contribution in [3.63, 3.8) is 0 Å². The number of hydrogen-bond acceptors (Lipinski definition) is 3. The standard InChI is InChI=1S/C11H16N2O2.C6H12.C4H10.C3H8/c1-11(2,3)12-8-9-4-6-10(7-5-9)13(14)15;1-2-4-6-5-3-1;1-4(2)3;1-3-2/h4-7,12H,8H2,1-3H3;1-6H2;4H,1-3H3;3H2,1-2H3. The van der Waals surface area contributed by atoms with Gasteiger partial charge < -0.3 is 5.32 Å². The minimum absolute atomic E-state index is 0.0573. The summed E-state index contributed by atoms with van der Waals surface area (Å²) in [6.45, 7) is 17.7. The highest BCUT2D eigenvalue weighted by atomic mass is 16.6. The third-order valence-corrected chi connectivity index (χ3v) is 3.47. The lowest BCUT2D eigenvalue weighted by Gasteiger charge is -2.20. The molecule has 0 heterocycles. The summed E-state index contributed by atoms with van der Waals surface area (Å²) in [4.78, 5) is 10.0. The molecule has 164 valence electrons. The minimum Gasteiger partial charge on any atom is -0.308 e. The topological polar surface area (TPSA) is 55.2 Å². The lowest BCUT2D eigenvalue weighted by molar-refractivity contribution is -0.384. The van der Waals surface area contributed by atoms with Crippen LogP contribution in [0.1, 0.15) is 106 Å². The molecule has 1 N–H and O–H groups in total.